The van der Waals surface area contributed by atoms with Crippen molar-refractivity contribution in [3.8, 4) is 17.1 Å². The van der Waals surface area contributed by atoms with Crippen LogP contribution in [-0.4, -0.2) is 48.0 Å². The predicted molar refractivity (Wildman–Crippen MR) is 106 cm³/mol. The molecule has 1 heterocycles. The van der Waals surface area contributed by atoms with Crippen molar-refractivity contribution in [2.24, 2.45) is 5.92 Å². The topological polar surface area (TPSA) is 106 Å². The summed E-state index contributed by atoms with van der Waals surface area (Å²) in [6, 6.07) is 7.31. The van der Waals surface area contributed by atoms with Crippen molar-refractivity contribution in [2.45, 2.75) is 33.1 Å². The number of hydrogen-bond donors (Lipinski definition) is 2. The second-order valence-corrected chi connectivity index (χ2v) is 6.87. The smallest absolute Gasteiger partial charge is 0.273 e. The zero-order valence-corrected chi connectivity index (χ0v) is 16.7. The van der Waals surface area contributed by atoms with Crippen molar-refractivity contribution in [1.29, 1.82) is 0 Å². The first-order chi connectivity index (χ1) is 13.5. The molecular weight excluding hydrogens is 360 g/mol. The maximum atomic E-state index is 12.2. The molecule has 2 N–H and O–H groups in total. The molecule has 0 atom stereocenters. The van der Waals surface area contributed by atoms with Gasteiger partial charge in [0.2, 0.25) is 5.91 Å². The molecule has 0 fully saturated rings. The van der Waals surface area contributed by atoms with Gasteiger partial charge in [-0.25, -0.2) is 0 Å². The summed E-state index contributed by atoms with van der Waals surface area (Å²) in [6.07, 6.45) is 1.17. The lowest BCUT2D eigenvalue weighted by molar-refractivity contribution is -0.121. The van der Waals surface area contributed by atoms with Crippen LogP contribution in [-0.2, 0) is 16.0 Å². The lowest BCUT2D eigenvalue weighted by Crippen LogP contribution is -2.27. The molecule has 0 aliphatic rings. The Hall–Kier alpha value is -2.74. The molecule has 8 heteroatoms. The zero-order valence-electron chi connectivity index (χ0n) is 16.7. The van der Waals surface area contributed by atoms with Gasteiger partial charge in [-0.1, -0.05) is 13.8 Å². The lowest BCUT2D eigenvalue weighted by Gasteiger charge is -2.09. The van der Waals surface area contributed by atoms with Crippen molar-refractivity contribution in [3.63, 3.8) is 0 Å². The van der Waals surface area contributed by atoms with Crippen LogP contribution in [0.15, 0.2) is 29.1 Å². The van der Waals surface area contributed by atoms with E-state index in [4.69, 9.17) is 9.47 Å². The Balaban J connectivity index is 1.91. The fourth-order valence-electron chi connectivity index (χ4n) is 2.39. The third-order valence-electron chi connectivity index (χ3n) is 3.91. The van der Waals surface area contributed by atoms with Gasteiger partial charge in [-0.2, -0.15) is 0 Å². The normalized spacial score (nSPS) is 10.9. The molecular formula is C20H28N4O4. The molecule has 8 nitrogen and oxygen atoms in total. The molecule has 0 aliphatic carbocycles. The summed E-state index contributed by atoms with van der Waals surface area (Å²) in [7, 11) is 1.62. The van der Waals surface area contributed by atoms with E-state index in [1.54, 1.807) is 7.11 Å². The Morgan fingerprint density at radius 3 is 2.61 bits per heavy atom. The van der Waals surface area contributed by atoms with E-state index >= 15 is 0 Å². The van der Waals surface area contributed by atoms with Crippen LogP contribution in [0.2, 0.25) is 0 Å². The number of aryl methyl sites for hydroxylation is 1. The number of amides is 1. The van der Waals surface area contributed by atoms with Gasteiger partial charge in [0, 0.05) is 38.7 Å². The summed E-state index contributed by atoms with van der Waals surface area (Å²) < 4.78 is 10.6. The van der Waals surface area contributed by atoms with Gasteiger partial charge in [0.15, 0.2) is 5.82 Å². The van der Waals surface area contributed by atoms with Crippen molar-refractivity contribution in [1.82, 2.24) is 20.5 Å². The van der Waals surface area contributed by atoms with Crippen LogP contribution in [0.4, 0.5) is 0 Å². The maximum absolute atomic E-state index is 12.2. The van der Waals surface area contributed by atoms with E-state index in [-0.39, 0.29) is 30.0 Å². The van der Waals surface area contributed by atoms with Crippen molar-refractivity contribution < 1.29 is 14.3 Å². The largest absolute Gasteiger partial charge is 0.493 e. The van der Waals surface area contributed by atoms with E-state index in [0.29, 0.717) is 31.5 Å². The fraction of sp³-hybridized carbons (Fsp3) is 0.500. The summed E-state index contributed by atoms with van der Waals surface area (Å²) in [5.74, 6) is 1.47. The number of hydrogen-bond acceptors (Lipinski definition) is 6. The highest BCUT2D eigenvalue weighted by Gasteiger charge is 2.09. The molecule has 0 bridgehead atoms. The van der Waals surface area contributed by atoms with Gasteiger partial charge < -0.3 is 19.8 Å². The molecule has 0 unspecified atom stereocenters. The summed E-state index contributed by atoms with van der Waals surface area (Å²) >= 11 is 0. The summed E-state index contributed by atoms with van der Waals surface area (Å²) in [6.45, 7) is 5.95. The van der Waals surface area contributed by atoms with Crippen molar-refractivity contribution >= 4 is 5.91 Å². The number of nitrogens with one attached hydrogen (secondary N) is 2. The molecule has 0 saturated carbocycles. The van der Waals surface area contributed by atoms with E-state index in [9.17, 15) is 9.59 Å². The molecule has 1 aromatic carbocycles. The van der Waals surface area contributed by atoms with Crippen LogP contribution >= 0.6 is 0 Å². The Labute approximate surface area is 164 Å². The summed E-state index contributed by atoms with van der Waals surface area (Å²) in [5, 5.41) is 10.9. The van der Waals surface area contributed by atoms with Crippen LogP contribution in [0.25, 0.3) is 11.4 Å². The van der Waals surface area contributed by atoms with E-state index < -0.39 is 0 Å². The van der Waals surface area contributed by atoms with E-state index in [2.05, 4.69) is 34.3 Å². The number of ether oxygens (including phenoxy) is 2. The average molecular weight is 388 g/mol. The SMILES string of the molecule is COCCCNC(=O)CCc1nnc(-c2ccc(OCC(C)C)cc2)[nH]c1=O. The molecule has 0 aliphatic heterocycles. The van der Waals surface area contributed by atoms with Crippen LogP contribution in [0, 0.1) is 5.92 Å². The minimum absolute atomic E-state index is 0.127. The van der Waals surface area contributed by atoms with Crippen LogP contribution in [0.5, 0.6) is 5.75 Å². The van der Waals surface area contributed by atoms with Gasteiger partial charge >= 0.3 is 0 Å². The van der Waals surface area contributed by atoms with Crippen molar-refractivity contribution in [3.05, 3.63) is 40.3 Å². The van der Waals surface area contributed by atoms with Gasteiger partial charge in [-0.05, 0) is 36.6 Å². The van der Waals surface area contributed by atoms with E-state index in [1.165, 1.54) is 0 Å². The number of aromatic amines is 1. The molecule has 1 amide bonds. The highest BCUT2D eigenvalue weighted by atomic mass is 16.5. The molecule has 2 rings (SSSR count). The lowest BCUT2D eigenvalue weighted by atomic mass is 10.2. The highest BCUT2D eigenvalue weighted by Crippen LogP contribution is 2.18. The number of benzene rings is 1. The molecule has 0 radical (unpaired) electrons. The number of carbonyl (C=O) groups excluding carboxylic acids is 1. The first kappa shape index (κ1) is 21.6. The van der Waals surface area contributed by atoms with Crippen molar-refractivity contribution in [2.75, 3.05) is 26.9 Å². The predicted octanol–water partition coefficient (Wildman–Crippen LogP) is 1.95. The second kappa shape index (κ2) is 11.2. The van der Waals surface area contributed by atoms with E-state index in [0.717, 1.165) is 17.7 Å². The molecule has 0 spiro atoms. The molecule has 152 valence electrons. The zero-order chi connectivity index (χ0) is 20.4. The minimum Gasteiger partial charge on any atom is -0.493 e. The minimum atomic E-state index is -0.336. The molecule has 2 aromatic rings. The van der Waals surface area contributed by atoms with Gasteiger partial charge in [0.1, 0.15) is 11.4 Å². The second-order valence-electron chi connectivity index (χ2n) is 6.87. The molecule has 0 saturated heterocycles. The number of rotatable bonds is 11. The number of nitrogens with zero attached hydrogens (tertiary/aromatic N) is 2. The van der Waals surface area contributed by atoms with E-state index in [1.807, 2.05) is 24.3 Å². The standard InChI is InChI=1S/C20H28N4O4/c1-14(2)13-28-16-7-5-15(6-8-16)19-22-20(26)17(23-24-19)9-10-18(25)21-11-4-12-27-3/h5-8,14H,4,9-13H2,1-3H3,(H,21,25)(H,22,24,26). The third-order valence-corrected chi connectivity index (χ3v) is 3.91. The van der Waals surface area contributed by atoms with Crippen LogP contribution in [0.3, 0.4) is 0 Å². The molecule has 28 heavy (non-hydrogen) atoms. The Morgan fingerprint density at radius 2 is 1.96 bits per heavy atom. The summed E-state index contributed by atoms with van der Waals surface area (Å²) in [4.78, 5) is 26.7. The number of H-pyrrole nitrogens is 1. The summed E-state index contributed by atoms with van der Waals surface area (Å²) in [5.41, 5.74) is 0.647. The van der Waals surface area contributed by atoms with Crippen LogP contribution < -0.4 is 15.6 Å². The Bertz CT molecular complexity index is 803. The fourth-order valence-corrected chi connectivity index (χ4v) is 2.39. The third kappa shape index (κ3) is 7.11. The number of aromatic nitrogens is 3. The van der Waals surface area contributed by atoms with Gasteiger partial charge in [-0.3, -0.25) is 9.59 Å². The quantitative estimate of drug-likeness (QED) is 0.570. The Kier molecular flexibility index (Phi) is 8.61. The molecule has 1 aromatic heterocycles. The highest BCUT2D eigenvalue weighted by molar-refractivity contribution is 5.76. The van der Waals surface area contributed by atoms with Gasteiger partial charge in [-0.15, -0.1) is 10.2 Å². The Morgan fingerprint density at radius 1 is 1.21 bits per heavy atom. The first-order valence-electron chi connectivity index (χ1n) is 9.44. The van der Waals surface area contributed by atoms with Crippen LogP contribution in [0.1, 0.15) is 32.4 Å². The number of methoxy groups -OCH3 is 1. The van der Waals surface area contributed by atoms with Gasteiger partial charge in [0.25, 0.3) is 5.56 Å². The first-order valence-corrected chi connectivity index (χ1v) is 9.44. The number of carbonyl (C=O) groups is 1. The monoisotopic (exact) mass is 388 g/mol. The maximum Gasteiger partial charge on any atom is 0.273 e. The average Bonchev–Trinajstić information content (AvgIpc) is 2.69. The van der Waals surface area contributed by atoms with Gasteiger partial charge in [0.05, 0.1) is 6.61 Å².